The van der Waals surface area contributed by atoms with Gasteiger partial charge in [-0.15, -0.1) is 0 Å². The largest absolute Gasteiger partial charge is 0.496 e. The molecule has 0 N–H and O–H groups in total. The first-order valence-electron chi connectivity index (χ1n) is 22.5. The molecule has 0 saturated carbocycles. The van der Waals surface area contributed by atoms with E-state index in [1.165, 1.54) is 38.9 Å². The van der Waals surface area contributed by atoms with Crippen molar-refractivity contribution in [3.05, 3.63) is 150 Å². The van der Waals surface area contributed by atoms with Crippen molar-refractivity contribution in [2.24, 2.45) is 0 Å². The van der Waals surface area contributed by atoms with Crippen molar-refractivity contribution in [2.75, 3.05) is 28.4 Å². The average molecular weight is 902 g/mol. The highest BCUT2D eigenvalue weighted by molar-refractivity contribution is 9.10. The van der Waals surface area contributed by atoms with E-state index in [2.05, 4.69) is 179 Å². The van der Waals surface area contributed by atoms with Gasteiger partial charge in [-0.3, -0.25) is 0 Å². The fourth-order valence-corrected chi connectivity index (χ4v) is 9.67. The van der Waals surface area contributed by atoms with E-state index in [0.717, 1.165) is 73.7 Å². The summed E-state index contributed by atoms with van der Waals surface area (Å²) in [7, 11) is 7.36. The molecule has 1 aliphatic carbocycles. The molecule has 6 rings (SSSR count). The predicted molar refractivity (Wildman–Crippen MR) is 264 cm³/mol. The molecule has 0 saturated heterocycles. The molecule has 0 aromatic heterocycles. The van der Waals surface area contributed by atoms with Gasteiger partial charge in [0.25, 0.3) is 0 Å². The maximum atomic E-state index is 6.71. The highest BCUT2D eigenvalue weighted by Crippen LogP contribution is 2.50. The number of fused-ring (bicyclic) bond motifs is 8. The molecule has 0 amide bonds. The number of ether oxygens (including phenoxy) is 4. The smallest absolute Gasteiger partial charge is 0.126 e. The van der Waals surface area contributed by atoms with Crippen LogP contribution in [-0.2, 0) is 40.9 Å². The van der Waals surface area contributed by atoms with Crippen LogP contribution in [0.25, 0.3) is 0 Å². The van der Waals surface area contributed by atoms with Gasteiger partial charge in [0.05, 0.1) is 28.4 Å². The monoisotopic (exact) mass is 900 g/mol. The van der Waals surface area contributed by atoms with Gasteiger partial charge < -0.3 is 18.9 Å². The number of methoxy groups -OCH3 is 4. The first kappa shape index (κ1) is 47.3. The summed E-state index contributed by atoms with van der Waals surface area (Å²) in [6.45, 7) is 30.1. The number of hydrogen-bond acceptors (Lipinski definition) is 4. The topological polar surface area (TPSA) is 36.9 Å². The van der Waals surface area contributed by atoms with E-state index in [4.69, 9.17) is 18.9 Å². The second-order valence-corrected chi connectivity index (χ2v) is 22.6. The zero-order chi connectivity index (χ0) is 45.7. The van der Waals surface area contributed by atoms with Crippen LogP contribution in [0.15, 0.2) is 77.3 Å². The first-order chi connectivity index (χ1) is 28.9. The van der Waals surface area contributed by atoms with Gasteiger partial charge in [-0.1, -0.05) is 167 Å². The molecule has 0 fully saturated rings. The Morgan fingerprint density at radius 3 is 0.952 bits per heavy atom. The van der Waals surface area contributed by atoms with Crippen molar-refractivity contribution in [3.8, 4) is 23.0 Å². The predicted octanol–water partition coefficient (Wildman–Crippen LogP) is 15.1. The van der Waals surface area contributed by atoms with E-state index in [1.807, 2.05) is 28.4 Å². The quantitative estimate of drug-likeness (QED) is 0.163. The van der Waals surface area contributed by atoms with E-state index >= 15 is 0 Å². The van der Waals surface area contributed by atoms with Crippen molar-refractivity contribution < 1.29 is 18.9 Å². The van der Waals surface area contributed by atoms with Crippen molar-refractivity contribution in [3.63, 3.8) is 0 Å². The lowest BCUT2D eigenvalue weighted by molar-refractivity contribution is 0.388. The molecule has 8 bridgehead atoms. The molecular formula is C57H73BrO4. The van der Waals surface area contributed by atoms with Crippen molar-refractivity contribution in [2.45, 2.75) is 149 Å². The van der Waals surface area contributed by atoms with Crippen molar-refractivity contribution in [1.82, 2.24) is 0 Å². The maximum absolute atomic E-state index is 6.71. The third kappa shape index (κ3) is 9.64. The van der Waals surface area contributed by atoms with Crippen LogP contribution in [-0.4, -0.2) is 28.4 Å². The number of hydrogen-bond donors (Lipinski definition) is 0. The van der Waals surface area contributed by atoms with Gasteiger partial charge in [0.2, 0.25) is 0 Å². The lowest BCUT2D eigenvalue weighted by Gasteiger charge is -2.32. The normalized spacial score (nSPS) is 15.9. The van der Waals surface area contributed by atoms with Gasteiger partial charge in [-0.05, 0) is 96.7 Å². The SMILES string of the molecule is CCC1c2cc(C(C)(C)C)cc(c2OC)Cc2cc(C(C)(C)C)cc(c2OC)C(Cc2ccc(Br)cc2)c2cc(C(C)(C)C)cc(c2OC)Cc2cc(C(C)(C)C)cc1c2OC. The Hall–Kier alpha value is -4.22. The van der Waals surface area contributed by atoms with E-state index in [9.17, 15) is 0 Å². The number of halogens is 1. The van der Waals surface area contributed by atoms with Crippen molar-refractivity contribution in [1.29, 1.82) is 0 Å². The lowest BCUT2D eigenvalue weighted by Crippen LogP contribution is -2.19. The molecule has 1 aliphatic rings. The minimum Gasteiger partial charge on any atom is -0.496 e. The molecule has 0 unspecified atom stereocenters. The van der Waals surface area contributed by atoms with Crippen LogP contribution in [0.4, 0.5) is 0 Å². The molecule has 0 radical (unpaired) electrons. The summed E-state index contributed by atoms with van der Waals surface area (Å²) in [6, 6.07) is 28.0. The second-order valence-electron chi connectivity index (χ2n) is 21.7. The van der Waals surface area contributed by atoms with Gasteiger partial charge in [-0.2, -0.15) is 0 Å². The Balaban J connectivity index is 1.88. The van der Waals surface area contributed by atoms with E-state index in [-0.39, 0.29) is 33.5 Å². The minimum absolute atomic E-state index is 0.00178. The standard InChI is InChI=1S/C57H73BrO4/c1-18-44-46-30-39(54(2,3)4)26-35(50(46)59-14)24-37-28-41(56(8,9)10)32-48(52(37)61-16)45(23-34-19-21-43(58)22-20-34)49-33-42(57(11,12)13)29-38(53(49)62-17)25-36-27-40(55(5,6)7)31-47(44)51(36)60-15/h19-22,26-33,44-45H,18,23-25H2,1-17H3. The van der Waals surface area contributed by atoms with Gasteiger partial charge in [0.1, 0.15) is 23.0 Å². The third-order valence-corrected chi connectivity index (χ3v) is 13.6. The van der Waals surface area contributed by atoms with Crippen LogP contribution in [0.1, 0.15) is 181 Å². The molecule has 5 aromatic rings. The van der Waals surface area contributed by atoms with Crippen molar-refractivity contribution >= 4 is 15.9 Å². The Morgan fingerprint density at radius 2 is 0.710 bits per heavy atom. The maximum Gasteiger partial charge on any atom is 0.126 e. The summed E-state index contributed by atoms with van der Waals surface area (Å²) < 4.78 is 27.7. The Bertz CT molecular complexity index is 2270. The van der Waals surface area contributed by atoms with Crippen LogP contribution >= 0.6 is 15.9 Å². The number of rotatable bonds is 7. The second kappa shape index (κ2) is 17.7. The summed E-state index contributed by atoms with van der Waals surface area (Å²) in [6.07, 6.45) is 2.88. The van der Waals surface area contributed by atoms with Gasteiger partial charge in [-0.25, -0.2) is 0 Å². The first-order valence-corrected chi connectivity index (χ1v) is 23.3. The average Bonchev–Trinajstić information content (AvgIpc) is 3.18. The van der Waals surface area contributed by atoms with E-state index in [1.54, 1.807) is 0 Å². The fraction of sp³-hybridized carbons (Fsp3) is 0.474. The Kier molecular flexibility index (Phi) is 13.5. The minimum atomic E-state index is -0.138. The third-order valence-electron chi connectivity index (χ3n) is 13.1. The summed E-state index contributed by atoms with van der Waals surface area (Å²) >= 11 is 3.71. The van der Waals surface area contributed by atoms with Crippen LogP contribution in [0.2, 0.25) is 0 Å². The molecule has 62 heavy (non-hydrogen) atoms. The highest BCUT2D eigenvalue weighted by atomic mass is 79.9. The molecule has 0 spiro atoms. The van der Waals surface area contributed by atoms with E-state index in [0.29, 0.717) is 12.8 Å². The number of benzene rings is 5. The zero-order valence-corrected chi connectivity index (χ0v) is 42.5. The molecule has 0 atom stereocenters. The van der Waals surface area contributed by atoms with Crippen LogP contribution in [0.3, 0.4) is 0 Å². The molecule has 4 nitrogen and oxygen atoms in total. The molecule has 5 heteroatoms. The zero-order valence-electron chi connectivity index (χ0n) is 40.9. The fourth-order valence-electron chi connectivity index (χ4n) is 9.40. The van der Waals surface area contributed by atoms with Gasteiger partial charge in [0, 0.05) is 51.4 Å². The summed E-state index contributed by atoms with van der Waals surface area (Å²) in [5.41, 5.74) is 15.1. The van der Waals surface area contributed by atoms with E-state index < -0.39 is 0 Å². The van der Waals surface area contributed by atoms with Crippen LogP contribution in [0, 0.1) is 0 Å². The summed E-state index contributed by atoms with van der Waals surface area (Å²) in [4.78, 5) is 0. The molecule has 0 heterocycles. The Labute approximate surface area is 383 Å². The summed E-state index contributed by atoms with van der Waals surface area (Å²) in [5, 5.41) is 0. The van der Waals surface area contributed by atoms with Crippen LogP contribution in [0.5, 0.6) is 23.0 Å². The molecule has 5 aromatic carbocycles. The molecular weight excluding hydrogens is 829 g/mol. The molecule has 0 aliphatic heterocycles. The summed E-state index contributed by atoms with van der Waals surface area (Å²) in [5.74, 6) is 3.57. The van der Waals surface area contributed by atoms with Gasteiger partial charge in [0.15, 0.2) is 0 Å². The van der Waals surface area contributed by atoms with Crippen LogP contribution < -0.4 is 18.9 Å². The molecule has 332 valence electrons. The Morgan fingerprint density at radius 1 is 0.435 bits per heavy atom. The van der Waals surface area contributed by atoms with Gasteiger partial charge >= 0.3 is 0 Å². The highest BCUT2D eigenvalue weighted by Gasteiger charge is 2.34. The lowest BCUT2D eigenvalue weighted by atomic mass is 9.74.